The van der Waals surface area contributed by atoms with Gasteiger partial charge < -0.3 is 20.2 Å². The number of nitrogens with zero attached hydrogens (tertiary/aromatic N) is 6. The molecule has 2 N–H and O–H groups in total. The van der Waals surface area contributed by atoms with Crippen molar-refractivity contribution < 1.29 is 24.3 Å². The Morgan fingerprint density at radius 3 is 2.66 bits per heavy atom. The van der Waals surface area contributed by atoms with E-state index in [9.17, 15) is 24.3 Å². The number of β-lactam (4-membered cyclic amide) rings is 1. The Balaban J connectivity index is 1.10. The number of carboxylic acids is 1. The first-order valence-electron chi connectivity index (χ1n) is 14.9. The van der Waals surface area contributed by atoms with Gasteiger partial charge in [0.05, 0.1) is 18.0 Å². The van der Waals surface area contributed by atoms with Crippen LogP contribution in [0, 0.1) is 17.8 Å². The van der Waals surface area contributed by atoms with E-state index in [0.29, 0.717) is 17.9 Å². The fraction of sp³-hybridized carbons (Fsp3) is 0.750. The number of hydrogen-bond acceptors (Lipinski definition) is 9. The van der Waals surface area contributed by atoms with Gasteiger partial charge in [0, 0.05) is 41.1 Å². The predicted octanol–water partition coefficient (Wildman–Crippen LogP) is 1.83. The Morgan fingerprint density at radius 1 is 1.20 bits per heavy atom. The number of carboxylic acid groups (broad SMARTS) is 1. The summed E-state index contributed by atoms with van der Waals surface area (Å²) in [5.41, 5.74) is 0.101. The highest BCUT2D eigenvalue weighted by Crippen LogP contribution is 2.53. The zero-order valence-electron chi connectivity index (χ0n) is 23.7. The average molecular weight is 586 g/mol. The van der Waals surface area contributed by atoms with Crippen LogP contribution >= 0.6 is 11.8 Å². The van der Waals surface area contributed by atoms with Gasteiger partial charge in [0.25, 0.3) is 0 Å². The topological polar surface area (TPSA) is 151 Å². The quantitative estimate of drug-likeness (QED) is 0.411. The lowest BCUT2D eigenvalue weighted by molar-refractivity contribution is -0.160. The van der Waals surface area contributed by atoms with Crippen molar-refractivity contribution in [1.82, 2.24) is 35.3 Å². The molecule has 222 valence electrons. The molecule has 0 aromatic carbocycles. The number of aromatic nitrogens is 4. The molecule has 41 heavy (non-hydrogen) atoms. The van der Waals surface area contributed by atoms with E-state index in [1.807, 2.05) is 13.8 Å². The molecule has 5 aliphatic rings. The number of carbonyl (C=O) groups excluding carboxylic acids is 3. The van der Waals surface area contributed by atoms with Crippen LogP contribution in [-0.2, 0) is 25.7 Å². The van der Waals surface area contributed by atoms with Crippen LogP contribution in [0.4, 0.5) is 0 Å². The molecule has 1 aliphatic carbocycles. The molecule has 1 saturated carbocycles. The van der Waals surface area contributed by atoms with Gasteiger partial charge in [-0.3, -0.25) is 14.4 Å². The smallest absolute Gasteiger partial charge is 0.353 e. The van der Waals surface area contributed by atoms with Gasteiger partial charge >= 0.3 is 5.97 Å². The molecule has 6 atom stereocenters. The standard InChI is InChI=1S/C28H39N7O5S/c1-16(11-18(36)14-33-15-30-31-32-33)21-22-17(2)24(23(27(39)40)35(22)26(21)38)41-19-12-20(29-13-19)25(37)34-10-6-9-28(34)7-4-3-5-8-28/h15-17,19-22,29H,3-14H2,1-2H3,(H,39,40)/t16-,17+,19-,20-,21+,22+/m0/s1. The van der Waals surface area contributed by atoms with E-state index in [1.165, 1.54) is 46.9 Å². The molecular weight excluding hydrogens is 546 g/mol. The molecule has 1 aromatic rings. The maximum atomic E-state index is 13.7. The van der Waals surface area contributed by atoms with Crippen molar-refractivity contribution in [1.29, 1.82) is 0 Å². The lowest BCUT2D eigenvalue weighted by atomic mass is 9.73. The fourth-order valence-electron chi connectivity index (χ4n) is 8.11. The maximum Gasteiger partial charge on any atom is 0.353 e. The molecule has 2 amide bonds. The molecule has 0 bridgehead atoms. The summed E-state index contributed by atoms with van der Waals surface area (Å²) in [6, 6.07) is -0.540. The van der Waals surface area contributed by atoms with E-state index in [0.717, 1.165) is 32.2 Å². The van der Waals surface area contributed by atoms with E-state index >= 15 is 0 Å². The van der Waals surface area contributed by atoms with Gasteiger partial charge in [-0.1, -0.05) is 33.1 Å². The van der Waals surface area contributed by atoms with E-state index in [-0.39, 0.29) is 71.0 Å². The Morgan fingerprint density at radius 2 is 1.95 bits per heavy atom. The van der Waals surface area contributed by atoms with Crippen molar-refractivity contribution >= 4 is 35.3 Å². The van der Waals surface area contributed by atoms with Gasteiger partial charge in [-0.25, -0.2) is 9.48 Å². The fourth-order valence-corrected chi connectivity index (χ4v) is 9.59. The first-order chi connectivity index (χ1) is 19.7. The normalized spacial score (nSPS) is 31.5. The summed E-state index contributed by atoms with van der Waals surface area (Å²) in [6.45, 7) is 5.35. The van der Waals surface area contributed by atoms with Gasteiger partial charge in [-0.2, -0.15) is 0 Å². The number of thioether (sulfide) groups is 1. The number of aliphatic carboxylic acids is 1. The zero-order chi connectivity index (χ0) is 28.9. The third-order valence-corrected chi connectivity index (χ3v) is 11.5. The van der Waals surface area contributed by atoms with Gasteiger partial charge in [-0.05, 0) is 48.4 Å². The SMILES string of the molecule is C[C@@H](CC(=O)Cn1cnnn1)[C@H]1C(=O)N2C(C(=O)O)=C(S[C@@H]3CN[C@H](C(=O)N4CCCC45CCCCC5)C3)[C@H](C)[C@H]12. The molecule has 4 fully saturated rings. The first-order valence-corrected chi connectivity index (χ1v) is 15.8. The minimum Gasteiger partial charge on any atom is -0.477 e. The van der Waals surface area contributed by atoms with Crippen LogP contribution in [0.1, 0.15) is 71.6 Å². The number of ketones is 1. The molecule has 1 spiro atoms. The molecule has 0 unspecified atom stereocenters. The van der Waals surface area contributed by atoms with Crippen LogP contribution in [0.5, 0.6) is 0 Å². The molecule has 0 radical (unpaired) electrons. The second-order valence-corrected chi connectivity index (χ2v) is 13.9. The maximum absolute atomic E-state index is 13.7. The van der Waals surface area contributed by atoms with Crippen molar-refractivity contribution in [3.8, 4) is 0 Å². The van der Waals surface area contributed by atoms with Crippen LogP contribution in [0.2, 0.25) is 0 Å². The predicted molar refractivity (Wildman–Crippen MR) is 149 cm³/mol. The first kappa shape index (κ1) is 28.3. The van der Waals surface area contributed by atoms with Crippen molar-refractivity contribution in [2.45, 2.75) is 101 Å². The number of Topliss-reactive ketones (excluding diaryl/α,β-unsaturated/α-hetero) is 1. The molecule has 3 saturated heterocycles. The van der Waals surface area contributed by atoms with Crippen LogP contribution in [0.3, 0.4) is 0 Å². The second-order valence-electron chi connectivity index (χ2n) is 12.6. The molecule has 4 aliphatic heterocycles. The number of tetrazole rings is 1. The average Bonchev–Trinajstić information content (AvgIpc) is 3.73. The lowest BCUT2D eigenvalue weighted by Crippen LogP contribution is -2.62. The Labute approximate surface area is 243 Å². The largest absolute Gasteiger partial charge is 0.477 e. The van der Waals surface area contributed by atoms with E-state index in [1.54, 1.807) is 0 Å². The summed E-state index contributed by atoms with van der Waals surface area (Å²) in [5, 5.41) is 24.4. The number of likely N-dealkylation sites (tertiary alicyclic amines) is 1. The summed E-state index contributed by atoms with van der Waals surface area (Å²) in [7, 11) is 0. The highest BCUT2D eigenvalue weighted by atomic mass is 32.2. The van der Waals surface area contributed by atoms with Crippen molar-refractivity contribution in [3.05, 3.63) is 16.9 Å². The van der Waals surface area contributed by atoms with Crippen molar-refractivity contribution in [3.63, 3.8) is 0 Å². The van der Waals surface area contributed by atoms with Gasteiger partial charge in [0.1, 0.15) is 18.6 Å². The third kappa shape index (κ3) is 4.98. The van der Waals surface area contributed by atoms with Gasteiger partial charge in [0.15, 0.2) is 5.78 Å². The van der Waals surface area contributed by atoms with Crippen LogP contribution in [0.25, 0.3) is 0 Å². The molecule has 13 heteroatoms. The van der Waals surface area contributed by atoms with Crippen LogP contribution in [0.15, 0.2) is 16.9 Å². The summed E-state index contributed by atoms with van der Waals surface area (Å²) < 4.78 is 1.35. The number of amides is 2. The van der Waals surface area contributed by atoms with Crippen LogP contribution < -0.4 is 5.32 Å². The van der Waals surface area contributed by atoms with E-state index < -0.39 is 11.9 Å². The van der Waals surface area contributed by atoms with E-state index in [4.69, 9.17) is 0 Å². The summed E-state index contributed by atoms with van der Waals surface area (Å²) in [4.78, 5) is 56.2. The Hall–Kier alpha value is -2.80. The monoisotopic (exact) mass is 585 g/mol. The highest BCUT2D eigenvalue weighted by Gasteiger charge is 2.60. The van der Waals surface area contributed by atoms with Gasteiger partial charge in [-0.15, -0.1) is 16.9 Å². The highest BCUT2D eigenvalue weighted by molar-refractivity contribution is 8.03. The number of nitrogens with one attached hydrogen (secondary N) is 1. The lowest BCUT2D eigenvalue weighted by Gasteiger charge is -2.47. The van der Waals surface area contributed by atoms with E-state index in [2.05, 4.69) is 25.7 Å². The Bertz CT molecular complexity index is 1250. The molecule has 1 aromatic heterocycles. The Kier molecular flexibility index (Phi) is 7.68. The minimum absolute atomic E-state index is 0.0350. The summed E-state index contributed by atoms with van der Waals surface area (Å²) in [6.07, 6.45) is 10.2. The summed E-state index contributed by atoms with van der Waals surface area (Å²) in [5.74, 6) is -2.05. The second kappa shape index (κ2) is 11.1. The number of carbonyl (C=O) groups is 4. The molecule has 12 nitrogen and oxygen atoms in total. The third-order valence-electron chi connectivity index (χ3n) is 10.0. The van der Waals surface area contributed by atoms with Crippen LogP contribution in [-0.4, -0.2) is 94.6 Å². The number of hydrogen-bond donors (Lipinski definition) is 2. The molecular formula is C28H39N7O5S. The summed E-state index contributed by atoms with van der Waals surface area (Å²) >= 11 is 1.51. The number of rotatable bonds is 9. The molecule has 6 rings (SSSR count). The van der Waals surface area contributed by atoms with Crippen molar-refractivity contribution in [2.75, 3.05) is 13.1 Å². The molecule has 5 heterocycles. The van der Waals surface area contributed by atoms with Gasteiger partial charge in [0.2, 0.25) is 11.8 Å². The number of fused-ring (bicyclic) bond motifs is 1. The zero-order valence-corrected chi connectivity index (χ0v) is 24.5. The minimum atomic E-state index is -1.11. The van der Waals surface area contributed by atoms with Crippen molar-refractivity contribution in [2.24, 2.45) is 17.8 Å².